The van der Waals surface area contributed by atoms with Gasteiger partial charge in [0.1, 0.15) is 22.9 Å². The Bertz CT molecular complexity index is 1040. The van der Waals surface area contributed by atoms with Crippen molar-refractivity contribution in [3.8, 4) is 11.5 Å². The molecule has 29 heavy (non-hydrogen) atoms. The number of aromatic hydroxyl groups is 2. The molecule has 8 heteroatoms. The first-order valence-corrected chi connectivity index (χ1v) is 9.49. The van der Waals surface area contributed by atoms with Crippen molar-refractivity contribution in [1.29, 1.82) is 0 Å². The van der Waals surface area contributed by atoms with Crippen LogP contribution in [0.3, 0.4) is 0 Å². The molecule has 0 unspecified atom stereocenters. The van der Waals surface area contributed by atoms with Crippen LogP contribution in [0.25, 0.3) is 0 Å². The fourth-order valence-corrected chi connectivity index (χ4v) is 3.51. The molecule has 2 aromatic heterocycles. The number of rotatable bonds is 5. The first-order valence-electron chi connectivity index (χ1n) is 9.49. The molecule has 3 heterocycles. The minimum Gasteiger partial charge on any atom is -0.508 e. The Kier molecular flexibility index (Phi) is 4.84. The number of amides is 1. The number of pyridine rings is 1. The zero-order chi connectivity index (χ0) is 20.5. The van der Waals surface area contributed by atoms with E-state index >= 15 is 0 Å². The molecule has 0 fully saturated rings. The van der Waals surface area contributed by atoms with E-state index in [4.69, 9.17) is 0 Å². The Balaban J connectivity index is 1.66. The van der Waals surface area contributed by atoms with Crippen molar-refractivity contribution in [1.82, 2.24) is 19.7 Å². The van der Waals surface area contributed by atoms with Gasteiger partial charge in [-0.15, -0.1) is 0 Å². The zero-order valence-electron chi connectivity index (χ0n) is 16.3. The first kappa shape index (κ1) is 18.8. The SMILES string of the molecule is CC(C)Cn1nccc1Nc1cc(O)cc(O)c1C(=O)N1Cc2cccnc2C1. The maximum atomic E-state index is 13.3. The second kappa shape index (κ2) is 7.46. The van der Waals surface area contributed by atoms with Crippen molar-refractivity contribution in [3.63, 3.8) is 0 Å². The molecule has 0 aliphatic carbocycles. The fraction of sp³-hybridized carbons (Fsp3) is 0.286. The number of aromatic nitrogens is 3. The number of phenolic OH excluding ortho intramolecular Hbond substituents is 2. The molecule has 4 rings (SSSR count). The van der Waals surface area contributed by atoms with Gasteiger partial charge < -0.3 is 20.4 Å². The molecule has 1 aliphatic heterocycles. The van der Waals surface area contributed by atoms with Crippen LogP contribution in [-0.4, -0.2) is 35.8 Å². The molecular weight excluding hydrogens is 370 g/mol. The van der Waals surface area contributed by atoms with E-state index in [1.54, 1.807) is 28.0 Å². The summed E-state index contributed by atoms with van der Waals surface area (Å²) in [6.45, 7) is 5.66. The zero-order valence-corrected chi connectivity index (χ0v) is 16.3. The lowest BCUT2D eigenvalue weighted by atomic mass is 10.1. The van der Waals surface area contributed by atoms with Crippen LogP contribution in [0.5, 0.6) is 11.5 Å². The number of benzene rings is 1. The molecule has 0 atom stereocenters. The highest BCUT2D eigenvalue weighted by atomic mass is 16.3. The van der Waals surface area contributed by atoms with Crippen LogP contribution in [-0.2, 0) is 19.6 Å². The molecule has 3 aromatic rings. The molecule has 3 N–H and O–H groups in total. The van der Waals surface area contributed by atoms with E-state index in [1.165, 1.54) is 12.1 Å². The van der Waals surface area contributed by atoms with E-state index in [0.29, 0.717) is 37.1 Å². The lowest BCUT2D eigenvalue weighted by Gasteiger charge is -2.20. The van der Waals surface area contributed by atoms with Crippen molar-refractivity contribution in [3.05, 3.63) is 59.5 Å². The lowest BCUT2D eigenvalue weighted by Crippen LogP contribution is -2.26. The summed E-state index contributed by atoms with van der Waals surface area (Å²) in [5.74, 6) is 0.297. The number of anilines is 2. The van der Waals surface area contributed by atoms with E-state index < -0.39 is 0 Å². The minimum absolute atomic E-state index is 0.105. The van der Waals surface area contributed by atoms with Gasteiger partial charge in [0.15, 0.2) is 0 Å². The van der Waals surface area contributed by atoms with Crippen molar-refractivity contribution in [2.24, 2.45) is 5.92 Å². The van der Waals surface area contributed by atoms with Gasteiger partial charge in [-0.2, -0.15) is 5.10 Å². The summed E-state index contributed by atoms with van der Waals surface area (Å²) in [6, 6.07) is 8.17. The summed E-state index contributed by atoms with van der Waals surface area (Å²) in [4.78, 5) is 19.2. The molecule has 150 valence electrons. The van der Waals surface area contributed by atoms with Crippen LogP contribution < -0.4 is 5.32 Å². The molecular formula is C21H23N5O3. The van der Waals surface area contributed by atoms with E-state index in [9.17, 15) is 15.0 Å². The van der Waals surface area contributed by atoms with Gasteiger partial charge >= 0.3 is 0 Å². The van der Waals surface area contributed by atoms with Gasteiger partial charge in [-0.05, 0) is 17.5 Å². The predicted octanol–water partition coefficient (Wildman–Crippen LogP) is 3.24. The van der Waals surface area contributed by atoms with E-state index in [0.717, 1.165) is 11.3 Å². The van der Waals surface area contributed by atoms with Crippen molar-refractivity contribution < 1.29 is 15.0 Å². The summed E-state index contributed by atoms with van der Waals surface area (Å²) >= 11 is 0. The number of hydrogen-bond acceptors (Lipinski definition) is 6. The van der Waals surface area contributed by atoms with Crippen molar-refractivity contribution >= 4 is 17.4 Å². The minimum atomic E-state index is -0.335. The Morgan fingerprint density at radius 1 is 1.21 bits per heavy atom. The van der Waals surface area contributed by atoms with E-state index in [2.05, 4.69) is 29.2 Å². The van der Waals surface area contributed by atoms with Crippen LogP contribution >= 0.6 is 0 Å². The van der Waals surface area contributed by atoms with Crippen LogP contribution in [0.1, 0.15) is 35.5 Å². The number of nitrogens with zero attached hydrogens (tertiary/aromatic N) is 4. The first-order chi connectivity index (χ1) is 13.9. The molecule has 1 amide bonds. The molecule has 0 bridgehead atoms. The third kappa shape index (κ3) is 3.73. The van der Waals surface area contributed by atoms with Crippen molar-refractivity contribution in [2.45, 2.75) is 33.5 Å². The molecule has 0 radical (unpaired) electrons. The van der Waals surface area contributed by atoms with Gasteiger partial charge in [-0.25, -0.2) is 4.68 Å². The summed E-state index contributed by atoms with van der Waals surface area (Å²) in [5, 5.41) is 27.9. The Labute approximate surface area is 168 Å². The van der Waals surface area contributed by atoms with Crippen LogP contribution in [0.2, 0.25) is 0 Å². The maximum absolute atomic E-state index is 13.3. The largest absolute Gasteiger partial charge is 0.508 e. The van der Waals surface area contributed by atoms with E-state index in [-0.39, 0.29) is 23.0 Å². The molecule has 0 spiro atoms. The molecule has 0 saturated heterocycles. The van der Waals surface area contributed by atoms with Crippen LogP contribution in [0, 0.1) is 5.92 Å². The highest BCUT2D eigenvalue weighted by molar-refractivity contribution is 6.03. The number of nitrogens with one attached hydrogen (secondary N) is 1. The molecule has 0 saturated carbocycles. The molecule has 1 aliphatic rings. The number of carbonyl (C=O) groups excluding carboxylic acids is 1. The standard InChI is InChI=1S/C21H23N5O3/c1-13(2)10-26-19(5-7-23-26)24-16-8-15(27)9-18(28)20(16)21(29)25-11-14-4-3-6-22-17(14)12-25/h3-9,13,24,27-28H,10-12H2,1-2H3. The van der Waals surface area contributed by atoms with E-state index in [1.807, 2.05) is 12.1 Å². The van der Waals surface area contributed by atoms with Gasteiger partial charge in [-0.1, -0.05) is 19.9 Å². The van der Waals surface area contributed by atoms with Gasteiger partial charge in [0.05, 0.1) is 24.1 Å². The van der Waals surface area contributed by atoms with Gasteiger partial charge in [0.2, 0.25) is 0 Å². The Morgan fingerprint density at radius 3 is 2.79 bits per heavy atom. The highest BCUT2D eigenvalue weighted by Gasteiger charge is 2.29. The summed E-state index contributed by atoms with van der Waals surface area (Å²) < 4.78 is 1.79. The molecule has 1 aromatic carbocycles. The van der Waals surface area contributed by atoms with Crippen LogP contribution in [0.15, 0.2) is 42.7 Å². The third-order valence-corrected chi connectivity index (χ3v) is 4.81. The highest BCUT2D eigenvalue weighted by Crippen LogP contribution is 2.35. The average Bonchev–Trinajstić information content (AvgIpc) is 3.27. The monoisotopic (exact) mass is 393 g/mol. The number of fused-ring (bicyclic) bond motifs is 1. The summed E-state index contributed by atoms with van der Waals surface area (Å²) in [5.41, 5.74) is 2.27. The van der Waals surface area contributed by atoms with Gasteiger partial charge in [0, 0.05) is 37.5 Å². The third-order valence-electron chi connectivity index (χ3n) is 4.81. The van der Waals surface area contributed by atoms with Gasteiger partial charge in [0.25, 0.3) is 5.91 Å². The normalized spacial score (nSPS) is 13.0. The maximum Gasteiger partial charge on any atom is 0.260 e. The lowest BCUT2D eigenvalue weighted by molar-refractivity contribution is 0.0748. The summed E-state index contributed by atoms with van der Waals surface area (Å²) in [7, 11) is 0. The summed E-state index contributed by atoms with van der Waals surface area (Å²) in [6.07, 6.45) is 3.37. The van der Waals surface area contributed by atoms with Crippen molar-refractivity contribution in [2.75, 3.05) is 5.32 Å². The predicted molar refractivity (Wildman–Crippen MR) is 108 cm³/mol. The van der Waals surface area contributed by atoms with Crippen LogP contribution in [0.4, 0.5) is 11.5 Å². The number of carbonyl (C=O) groups is 1. The second-order valence-electron chi connectivity index (χ2n) is 7.58. The topological polar surface area (TPSA) is 104 Å². The molecule has 8 nitrogen and oxygen atoms in total. The van der Waals surface area contributed by atoms with Gasteiger partial charge in [-0.3, -0.25) is 9.78 Å². The Hall–Kier alpha value is -3.55. The second-order valence-corrected chi connectivity index (χ2v) is 7.58. The average molecular weight is 393 g/mol. The quantitative estimate of drug-likeness (QED) is 0.615. The smallest absolute Gasteiger partial charge is 0.260 e. The fourth-order valence-electron chi connectivity index (χ4n) is 3.51. The number of phenols is 2. The Morgan fingerprint density at radius 2 is 2.03 bits per heavy atom. The number of hydrogen-bond donors (Lipinski definition) is 3.